The summed E-state index contributed by atoms with van der Waals surface area (Å²) in [6.45, 7) is 2.62. The molecule has 5 heteroatoms. The Hall–Kier alpha value is -1.36. The van der Waals surface area contributed by atoms with Gasteiger partial charge in [-0.25, -0.2) is 4.98 Å². The topological polar surface area (TPSA) is 58.2 Å². The molecule has 0 aromatic carbocycles. The number of aromatic nitrogens is 2. The minimum absolute atomic E-state index is 0.148. The molecule has 1 aromatic rings. The summed E-state index contributed by atoms with van der Waals surface area (Å²) in [6, 6.07) is 0. The van der Waals surface area contributed by atoms with Crippen molar-refractivity contribution in [1.82, 2.24) is 14.9 Å². The fourth-order valence-electron chi connectivity index (χ4n) is 2.27. The molecule has 0 saturated carbocycles. The van der Waals surface area contributed by atoms with Gasteiger partial charge in [0.25, 0.3) is 0 Å². The van der Waals surface area contributed by atoms with E-state index in [-0.39, 0.29) is 12.0 Å². The molecule has 0 spiro atoms. The van der Waals surface area contributed by atoms with Crippen LogP contribution in [0.1, 0.15) is 38.4 Å². The van der Waals surface area contributed by atoms with Crippen LogP contribution in [0.25, 0.3) is 0 Å². The minimum atomic E-state index is 0.148. The average molecular weight is 251 g/mol. The molecular weight excluding hydrogens is 230 g/mol. The second kappa shape index (κ2) is 6.00. The third kappa shape index (κ3) is 3.57. The van der Waals surface area contributed by atoms with Crippen LogP contribution in [0.4, 0.5) is 0 Å². The van der Waals surface area contributed by atoms with Crippen molar-refractivity contribution >= 4 is 5.91 Å². The first kappa shape index (κ1) is 13.1. The third-order valence-electron chi connectivity index (χ3n) is 3.37. The van der Waals surface area contributed by atoms with Gasteiger partial charge in [-0.15, -0.1) is 0 Å². The predicted octanol–water partition coefficient (Wildman–Crippen LogP) is 1.72. The molecule has 1 amide bonds. The van der Waals surface area contributed by atoms with Gasteiger partial charge < -0.3 is 14.6 Å². The predicted molar refractivity (Wildman–Crippen MR) is 67.9 cm³/mol. The number of carbonyl (C=O) groups excluding carboxylic acids is 1. The molecule has 0 bridgehead atoms. The lowest BCUT2D eigenvalue weighted by Gasteiger charge is -2.17. The second-order valence-corrected chi connectivity index (χ2v) is 4.97. The van der Waals surface area contributed by atoms with Gasteiger partial charge in [-0.3, -0.25) is 4.79 Å². The number of hydrogen-bond acceptors (Lipinski definition) is 3. The van der Waals surface area contributed by atoms with Crippen molar-refractivity contribution in [3.8, 4) is 0 Å². The first-order chi connectivity index (χ1) is 8.65. The van der Waals surface area contributed by atoms with Crippen molar-refractivity contribution in [3.63, 3.8) is 0 Å². The maximum Gasteiger partial charge on any atom is 0.222 e. The summed E-state index contributed by atoms with van der Waals surface area (Å²) in [5.74, 6) is 0.964. The van der Waals surface area contributed by atoms with Crippen molar-refractivity contribution in [2.24, 2.45) is 0 Å². The van der Waals surface area contributed by atoms with E-state index < -0.39 is 0 Å². The quantitative estimate of drug-likeness (QED) is 0.866. The Morgan fingerprint density at radius 3 is 3.06 bits per heavy atom. The summed E-state index contributed by atoms with van der Waals surface area (Å²) < 4.78 is 5.71. The molecule has 1 fully saturated rings. The van der Waals surface area contributed by atoms with Gasteiger partial charge in [0.1, 0.15) is 5.82 Å². The van der Waals surface area contributed by atoms with Gasteiger partial charge in [0.05, 0.1) is 18.8 Å². The van der Waals surface area contributed by atoms with Gasteiger partial charge in [0, 0.05) is 25.9 Å². The molecule has 2 atom stereocenters. The van der Waals surface area contributed by atoms with Crippen LogP contribution < -0.4 is 0 Å². The molecule has 2 unspecified atom stereocenters. The van der Waals surface area contributed by atoms with E-state index in [4.69, 9.17) is 4.74 Å². The highest BCUT2D eigenvalue weighted by Crippen LogP contribution is 2.22. The first-order valence-electron chi connectivity index (χ1n) is 6.53. The molecule has 0 aliphatic carbocycles. The Morgan fingerprint density at radius 2 is 2.44 bits per heavy atom. The molecular formula is C13H21N3O2. The van der Waals surface area contributed by atoms with Gasteiger partial charge >= 0.3 is 0 Å². The number of nitrogens with zero attached hydrogens (tertiary/aromatic N) is 2. The van der Waals surface area contributed by atoms with Crippen molar-refractivity contribution in [2.45, 2.75) is 51.4 Å². The lowest BCUT2D eigenvalue weighted by Crippen LogP contribution is -2.27. The highest BCUT2D eigenvalue weighted by atomic mass is 16.5. The van der Waals surface area contributed by atoms with Crippen LogP contribution in [-0.2, 0) is 16.1 Å². The van der Waals surface area contributed by atoms with Crippen LogP contribution in [0, 0.1) is 0 Å². The fraction of sp³-hybridized carbons (Fsp3) is 0.692. The number of imidazole rings is 1. The molecule has 5 nitrogen and oxygen atoms in total. The van der Waals surface area contributed by atoms with E-state index in [1.54, 1.807) is 17.3 Å². The number of aromatic amines is 1. The van der Waals surface area contributed by atoms with Crippen LogP contribution in [0.15, 0.2) is 12.4 Å². The summed E-state index contributed by atoms with van der Waals surface area (Å²) in [5, 5.41) is 0. The van der Waals surface area contributed by atoms with Gasteiger partial charge in [-0.2, -0.15) is 0 Å². The molecule has 2 heterocycles. The number of H-pyrrole nitrogens is 1. The van der Waals surface area contributed by atoms with Crippen LogP contribution in [0.3, 0.4) is 0 Å². The number of ether oxygens (including phenoxy) is 1. The van der Waals surface area contributed by atoms with Crippen LogP contribution in [0.2, 0.25) is 0 Å². The largest absolute Gasteiger partial charge is 0.375 e. The molecule has 1 aromatic heterocycles. The SMILES string of the molecule is CC1CCC(CCC(=O)N(C)Cc2ncc[nH]2)O1. The van der Waals surface area contributed by atoms with E-state index in [1.807, 2.05) is 7.05 Å². The molecule has 100 valence electrons. The summed E-state index contributed by atoms with van der Waals surface area (Å²) in [4.78, 5) is 20.8. The zero-order valence-electron chi connectivity index (χ0n) is 11.1. The smallest absolute Gasteiger partial charge is 0.222 e. The maximum absolute atomic E-state index is 11.9. The van der Waals surface area contributed by atoms with Crippen LogP contribution >= 0.6 is 0 Å². The molecule has 1 aliphatic heterocycles. The molecule has 1 N–H and O–H groups in total. The summed E-state index contributed by atoms with van der Waals surface area (Å²) in [5.41, 5.74) is 0. The van der Waals surface area contributed by atoms with Crippen molar-refractivity contribution in [1.29, 1.82) is 0 Å². The van der Waals surface area contributed by atoms with E-state index in [2.05, 4.69) is 16.9 Å². The standard InChI is InChI=1S/C13H21N3O2/c1-10-3-4-11(18-10)5-6-13(17)16(2)9-12-14-7-8-15-12/h7-8,10-11H,3-6,9H2,1-2H3,(H,14,15). The molecule has 0 radical (unpaired) electrons. The van der Waals surface area contributed by atoms with E-state index in [0.29, 0.717) is 19.1 Å². The van der Waals surface area contributed by atoms with E-state index in [0.717, 1.165) is 25.1 Å². The third-order valence-corrected chi connectivity index (χ3v) is 3.37. The lowest BCUT2D eigenvalue weighted by molar-refractivity contribution is -0.131. The molecule has 1 saturated heterocycles. The normalized spacial score (nSPS) is 23.2. The van der Waals surface area contributed by atoms with Gasteiger partial charge in [0.2, 0.25) is 5.91 Å². The van der Waals surface area contributed by atoms with Gasteiger partial charge in [-0.05, 0) is 26.2 Å². The number of rotatable bonds is 5. The summed E-state index contributed by atoms with van der Waals surface area (Å²) >= 11 is 0. The summed E-state index contributed by atoms with van der Waals surface area (Å²) in [7, 11) is 1.81. The van der Waals surface area contributed by atoms with Crippen LogP contribution in [-0.4, -0.2) is 40.0 Å². The van der Waals surface area contributed by atoms with Gasteiger partial charge in [-0.1, -0.05) is 0 Å². The van der Waals surface area contributed by atoms with Crippen molar-refractivity contribution in [3.05, 3.63) is 18.2 Å². The number of carbonyl (C=O) groups is 1. The zero-order chi connectivity index (χ0) is 13.0. The van der Waals surface area contributed by atoms with Crippen LogP contribution in [0.5, 0.6) is 0 Å². The second-order valence-electron chi connectivity index (χ2n) is 4.97. The Labute approximate surface area is 108 Å². The Balaban J connectivity index is 1.70. The Bertz CT molecular complexity index is 378. The minimum Gasteiger partial charge on any atom is -0.375 e. The van der Waals surface area contributed by atoms with Crippen molar-refractivity contribution < 1.29 is 9.53 Å². The van der Waals surface area contributed by atoms with E-state index >= 15 is 0 Å². The monoisotopic (exact) mass is 251 g/mol. The average Bonchev–Trinajstić information content (AvgIpc) is 2.97. The number of hydrogen-bond donors (Lipinski definition) is 1. The highest BCUT2D eigenvalue weighted by molar-refractivity contribution is 5.75. The zero-order valence-corrected chi connectivity index (χ0v) is 11.1. The number of amides is 1. The highest BCUT2D eigenvalue weighted by Gasteiger charge is 2.22. The van der Waals surface area contributed by atoms with E-state index in [9.17, 15) is 4.79 Å². The molecule has 1 aliphatic rings. The molecule has 18 heavy (non-hydrogen) atoms. The Morgan fingerprint density at radius 1 is 1.61 bits per heavy atom. The Kier molecular flexibility index (Phi) is 4.36. The fourth-order valence-corrected chi connectivity index (χ4v) is 2.27. The first-order valence-corrected chi connectivity index (χ1v) is 6.53. The molecule has 2 rings (SSSR count). The maximum atomic E-state index is 11.9. The number of nitrogens with one attached hydrogen (secondary N) is 1. The lowest BCUT2D eigenvalue weighted by atomic mass is 10.1. The van der Waals surface area contributed by atoms with Gasteiger partial charge in [0.15, 0.2) is 0 Å². The summed E-state index contributed by atoms with van der Waals surface area (Å²) in [6.07, 6.45) is 7.65. The van der Waals surface area contributed by atoms with E-state index in [1.165, 1.54) is 0 Å². The van der Waals surface area contributed by atoms with Crippen molar-refractivity contribution in [2.75, 3.05) is 7.05 Å².